The molecule has 0 aliphatic heterocycles. The first-order valence-corrected chi connectivity index (χ1v) is 8.08. The number of carbonyl (C=O) groups is 2. The van der Waals surface area contributed by atoms with Crippen LogP contribution in [-0.2, 0) is 9.59 Å². The summed E-state index contributed by atoms with van der Waals surface area (Å²) in [5.74, 6) is -0.329. The second-order valence-electron chi connectivity index (χ2n) is 5.63. The fourth-order valence-corrected chi connectivity index (χ4v) is 2.34. The summed E-state index contributed by atoms with van der Waals surface area (Å²) in [7, 11) is 1.81. The van der Waals surface area contributed by atoms with Gasteiger partial charge in [-0.3, -0.25) is 9.59 Å². The Kier molecular flexibility index (Phi) is 6.35. The van der Waals surface area contributed by atoms with Crippen LogP contribution in [0.4, 0.5) is 11.4 Å². The highest BCUT2D eigenvalue weighted by molar-refractivity contribution is 6.33. The standard InChI is InChI=1S/C18H20ClN3O2/c1-13(18(24)20-14-8-4-3-5-9-14)22(2)12-17(23)21-16-11-7-6-10-15(16)19/h3-11,13H,12H2,1-2H3,(H,20,24)(H,21,23)/p+1/t13-/m1/s1. The molecule has 126 valence electrons. The number of nitrogens with one attached hydrogen (secondary N) is 3. The Balaban J connectivity index is 1.88. The predicted molar refractivity (Wildman–Crippen MR) is 96.4 cm³/mol. The van der Waals surface area contributed by atoms with E-state index >= 15 is 0 Å². The molecule has 5 nitrogen and oxygen atoms in total. The van der Waals surface area contributed by atoms with Crippen molar-refractivity contribution < 1.29 is 14.5 Å². The summed E-state index contributed by atoms with van der Waals surface area (Å²) in [5, 5.41) is 6.09. The Labute approximate surface area is 146 Å². The van der Waals surface area contributed by atoms with Gasteiger partial charge in [0.2, 0.25) is 0 Å². The highest BCUT2D eigenvalue weighted by Gasteiger charge is 2.24. The van der Waals surface area contributed by atoms with Crippen LogP contribution in [0.3, 0.4) is 0 Å². The molecule has 0 saturated heterocycles. The number of hydrogen-bond acceptors (Lipinski definition) is 2. The number of amides is 2. The van der Waals surface area contributed by atoms with Crippen molar-refractivity contribution in [2.24, 2.45) is 0 Å². The molecule has 0 aliphatic rings. The minimum Gasteiger partial charge on any atom is -0.321 e. The molecule has 3 N–H and O–H groups in total. The number of quaternary nitrogens is 1. The maximum Gasteiger partial charge on any atom is 0.282 e. The molecule has 0 radical (unpaired) electrons. The highest BCUT2D eigenvalue weighted by atomic mass is 35.5. The number of carbonyl (C=O) groups excluding carboxylic acids is 2. The molecule has 1 unspecified atom stereocenters. The van der Waals surface area contributed by atoms with Gasteiger partial charge in [0.25, 0.3) is 11.8 Å². The molecule has 24 heavy (non-hydrogen) atoms. The van der Waals surface area contributed by atoms with E-state index in [4.69, 9.17) is 11.6 Å². The van der Waals surface area contributed by atoms with Crippen molar-refractivity contribution in [3.63, 3.8) is 0 Å². The zero-order valence-electron chi connectivity index (χ0n) is 13.7. The second kappa shape index (κ2) is 8.47. The first kappa shape index (κ1) is 18.0. The Morgan fingerprint density at radius 1 is 1.04 bits per heavy atom. The molecular weight excluding hydrogens is 326 g/mol. The molecule has 6 heteroatoms. The minimum absolute atomic E-state index is 0.135. The van der Waals surface area contributed by atoms with Gasteiger partial charge in [0.05, 0.1) is 17.8 Å². The Bertz CT molecular complexity index is 706. The molecule has 0 bridgehead atoms. The summed E-state index contributed by atoms with van der Waals surface area (Å²) in [6.07, 6.45) is 0. The third-order valence-electron chi connectivity index (χ3n) is 3.76. The lowest BCUT2D eigenvalue weighted by Crippen LogP contribution is -3.14. The van der Waals surface area contributed by atoms with E-state index in [2.05, 4.69) is 10.6 Å². The van der Waals surface area contributed by atoms with Crippen molar-refractivity contribution in [3.05, 3.63) is 59.6 Å². The van der Waals surface area contributed by atoms with Crippen molar-refractivity contribution in [3.8, 4) is 0 Å². The number of para-hydroxylation sites is 2. The van der Waals surface area contributed by atoms with E-state index in [0.29, 0.717) is 10.7 Å². The Hall–Kier alpha value is -2.37. The SMILES string of the molecule is C[C@H](C(=O)Nc1ccccc1)[NH+](C)CC(=O)Nc1ccccc1Cl. The Morgan fingerprint density at radius 2 is 1.67 bits per heavy atom. The van der Waals surface area contributed by atoms with Gasteiger partial charge in [0.1, 0.15) is 0 Å². The molecule has 2 aromatic carbocycles. The third-order valence-corrected chi connectivity index (χ3v) is 4.09. The lowest BCUT2D eigenvalue weighted by atomic mass is 10.2. The molecule has 0 spiro atoms. The maximum absolute atomic E-state index is 12.3. The first-order valence-electron chi connectivity index (χ1n) is 7.70. The largest absolute Gasteiger partial charge is 0.321 e. The zero-order chi connectivity index (χ0) is 17.5. The van der Waals surface area contributed by atoms with Crippen LogP contribution in [0.15, 0.2) is 54.6 Å². The first-order chi connectivity index (χ1) is 11.5. The number of benzene rings is 2. The van der Waals surface area contributed by atoms with Crippen LogP contribution in [0.25, 0.3) is 0 Å². The average Bonchev–Trinajstić information content (AvgIpc) is 2.57. The molecule has 2 atom stereocenters. The lowest BCUT2D eigenvalue weighted by Gasteiger charge is -2.20. The third kappa shape index (κ3) is 5.08. The van der Waals surface area contributed by atoms with Gasteiger partial charge in [0, 0.05) is 5.69 Å². The molecule has 0 aliphatic carbocycles. The fraction of sp³-hybridized carbons (Fsp3) is 0.222. The van der Waals surface area contributed by atoms with Crippen LogP contribution in [-0.4, -0.2) is 31.4 Å². The van der Waals surface area contributed by atoms with Crippen LogP contribution < -0.4 is 15.5 Å². The summed E-state index contributed by atoms with van der Waals surface area (Å²) in [6.45, 7) is 1.95. The van der Waals surface area contributed by atoms with Gasteiger partial charge < -0.3 is 15.5 Å². The van der Waals surface area contributed by atoms with E-state index < -0.39 is 0 Å². The maximum atomic E-state index is 12.3. The molecule has 2 rings (SSSR count). The van der Waals surface area contributed by atoms with Gasteiger partial charge in [-0.1, -0.05) is 41.9 Å². The van der Waals surface area contributed by atoms with Gasteiger partial charge in [-0.05, 0) is 31.2 Å². The minimum atomic E-state index is -0.373. The smallest absolute Gasteiger partial charge is 0.282 e. The Morgan fingerprint density at radius 3 is 2.33 bits per heavy atom. The van der Waals surface area contributed by atoms with E-state index in [1.54, 1.807) is 38.2 Å². The van der Waals surface area contributed by atoms with Gasteiger partial charge in [-0.25, -0.2) is 0 Å². The number of likely N-dealkylation sites (N-methyl/N-ethyl adjacent to an activating group) is 1. The monoisotopic (exact) mass is 346 g/mol. The van der Waals surface area contributed by atoms with Gasteiger partial charge in [-0.2, -0.15) is 0 Å². The van der Waals surface area contributed by atoms with Gasteiger partial charge >= 0.3 is 0 Å². The van der Waals surface area contributed by atoms with Crippen LogP contribution in [0.1, 0.15) is 6.92 Å². The number of halogens is 1. The van der Waals surface area contributed by atoms with Crippen LogP contribution >= 0.6 is 11.6 Å². The normalized spacial score (nSPS) is 13.0. The topological polar surface area (TPSA) is 62.6 Å². The van der Waals surface area contributed by atoms with E-state index in [9.17, 15) is 9.59 Å². The fourth-order valence-electron chi connectivity index (χ4n) is 2.16. The molecular formula is C18H21ClN3O2+. The van der Waals surface area contributed by atoms with Gasteiger partial charge in [-0.15, -0.1) is 0 Å². The second-order valence-corrected chi connectivity index (χ2v) is 6.04. The molecule has 0 saturated carbocycles. The predicted octanol–water partition coefficient (Wildman–Crippen LogP) is 1.82. The summed E-state index contributed by atoms with van der Waals surface area (Å²) < 4.78 is 0. The lowest BCUT2D eigenvalue weighted by molar-refractivity contribution is -0.885. The van der Waals surface area contributed by atoms with Crippen molar-refractivity contribution in [1.29, 1.82) is 0 Å². The number of hydrogen-bond donors (Lipinski definition) is 3. The van der Waals surface area contributed by atoms with E-state index in [1.807, 2.05) is 30.3 Å². The number of anilines is 2. The average molecular weight is 347 g/mol. The molecule has 2 amide bonds. The van der Waals surface area contributed by atoms with Crippen molar-refractivity contribution in [2.45, 2.75) is 13.0 Å². The van der Waals surface area contributed by atoms with E-state index in [0.717, 1.165) is 10.6 Å². The van der Waals surface area contributed by atoms with Gasteiger partial charge in [0.15, 0.2) is 12.6 Å². The highest BCUT2D eigenvalue weighted by Crippen LogP contribution is 2.19. The summed E-state index contributed by atoms with van der Waals surface area (Å²) >= 11 is 6.02. The van der Waals surface area contributed by atoms with Crippen LogP contribution in [0, 0.1) is 0 Å². The summed E-state index contributed by atoms with van der Waals surface area (Å²) in [4.78, 5) is 25.2. The van der Waals surface area contributed by atoms with Crippen molar-refractivity contribution in [2.75, 3.05) is 24.2 Å². The quantitative estimate of drug-likeness (QED) is 0.747. The molecule has 2 aromatic rings. The molecule has 0 aromatic heterocycles. The van der Waals surface area contributed by atoms with Crippen molar-refractivity contribution in [1.82, 2.24) is 0 Å². The van der Waals surface area contributed by atoms with E-state index in [-0.39, 0.29) is 24.4 Å². The van der Waals surface area contributed by atoms with Crippen molar-refractivity contribution >= 4 is 34.8 Å². The van der Waals surface area contributed by atoms with E-state index in [1.165, 1.54) is 0 Å². The number of rotatable bonds is 6. The summed E-state index contributed by atoms with van der Waals surface area (Å²) in [6, 6.07) is 15.9. The van der Waals surface area contributed by atoms with Crippen LogP contribution in [0.2, 0.25) is 5.02 Å². The molecule has 0 fully saturated rings. The summed E-state index contributed by atoms with van der Waals surface area (Å²) in [5.41, 5.74) is 1.31. The zero-order valence-corrected chi connectivity index (χ0v) is 14.4. The van der Waals surface area contributed by atoms with Crippen LogP contribution in [0.5, 0.6) is 0 Å². The molecule has 0 heterocycles.